The van der Waals surface area contributed by atoms with E-state index in [9.17, 15) is 13.8 Å². The largest absolute Gasteiger partial charge is 0.442 e. The van der Waals surface area contributed by atoms with Crippen molar-refractivity contribution in [3.63, 3.8) is 0 Å². The van der Waals surface area contributed by atoms with E-state index in [2.05, 4.69) is 14.3 Å². The highest BCUT2D eigenvalue weighted by molar-refractivity contribution is 7.91. The van der Waals surface area contributed by atoms with Gasteiger partial charge in [-0.3, -0.25) is 9.78 Å². The molecule has 0 aliphatic heterocycles. The van der Waals surface area contributed by atoms with Crippen LogP contribution in [-0.4, -0.2) is 33.0 Å². The second-order valence-corrected chi connectivity index (χ2v) is 8.97. The van der Waals surface area contributed by atoms with E-state index in [1.807, 2.05) is 13.8 Å². The summed E-state index contributed by atoms with van der Waals surface area (Å²) in [6.45, 7) is 8.95. The van der Waals surface area contributed by atoms with Crippen molar-refractivity contribution in [1.29, 1.82) is 0 Å². The van der Waals surface area contributed by atoms with E-state index >= 15 is 0 Å². The fourth-order valence-corrected chi connectivity index (χ4v) is 2.94. The molecule has 1 rings (SSSR count). The molecule has 1 aromatic rings. The van der Waals surface area contributed by atoms with Gasteiger partial charge >= 0.3 is 6.09 Å². The normalized spacial score (nSPS) is 15.5. The van der Waals surface area contributed by atoms with Crippen molar-refractivity contribution < 1.29 is 18.5 Å². The third-order valence-corrected chi connectivity index (χ3v) is 4.36. The molecule has 8 nitrogen and oxygen atoms in total. The Hall–Kier alpha value is -2.13. The first kappa shape index (κ1) is 21.9. The molecule has 26 heavy (non-hydrogen) atoms. The number of amides is 2. The number of nitrogens with zero attached hydrogens (tertiary/aromatic N) is 3. The van der Waals surface area contributed by atoms with Crippen LogP contribution in [-0.2, 0) is 19.4 Å². The minimum atomic E-state index is -3.42. The SMILES string of the molecule is CC(C)CC(/C=N\C(=O)OC(C)(C)C)C(=O)N=S(N)(=O)c1cccnc1. The molecule has 1 aromatic heterocycles. The zero-order valence-electron chi connectivity index (χ0n) is 15.7. The van der Waals surface area contributed by atoms with Gasteiger partial charge in [0.15, 0.2) is 0 Å². The first-order valence-corrected chi connectivity index (χ1v) is 9.74. The summed E-state index contributed by atoms with van der Waals surface area (Å²) >= 11 is 0. The second kappa shape index (κ2) is 9.00. The number of ether oxygens (including phenoxy) is 1. The molecule has 0 saturated heterocycles. The summed E-state index contributed by atoms with van der Waals surface area (Å²) in [5, 5.41) is 5.71. The van der Waals surface area contributed by atoms with Crippen molar-refractivity contribution in [3.05, 3.63) is 24.5 Å². The molecule has 2 N–H and O–H groups in total. The fraction of sp³-hybridized carbons (Fsp3) is 0.529. The lowest BCUT2D eigenvalue weighted by Crippen LogP contribution is -2.24. The van der Waals surface area contributed by atoms with Crippen LogP contribution < -0.4 is 5.14 Å². The van der Waals surface area contributed by atoms with Gasteiger partial charge < -0.3 is 4.74 Å². The molecule has 9 heteroatoms. The van der Waals surface area contributed by atoms with Crippen LogP contribution in [0.15, 0.2) is 38.8 Å². The highest BCUT2D eigenvalue weighted by Gasteiger charge is 2.22. The smallest absolute Gasteiger partial charge is 0.433 e. The number of aliphatic imine (C=N–C) groups is 1. The van der Waals surface area contributed by atoms with E-state index in [1.165, 1.54) is 24.7 Å². The molecule has 0 bridgehead atoms. The Balaban J connectivity index is 3.05. The Morgan fingerprint density at radius 2 is 2.04 bits per heavy atom. The van der Waals surface area contributed by atoms with Gasteiger partial charge in [-0.25, -0.2) is 14.1 Å². The van der Waals surface area contributed by atoms with Gasteiger partial charge in [0.25, 0.3) is 5.91 Å². The molecule has 2 unspecified atom stereocenters. The molecule has 0 spiro atoms. The number of aromatic nitrogens is 1. The molecule has 0 fully saturated rings. The van der Waals surface area contributed by atoms with Gasteiger partial charge in [0, 0.05) is 18.6 Å². The van der Waals surface area contributed by atoms with E-state index in [1.54, 1.807) is 26.8 Å². The summed E-state index contributed by atoms with van der Waals surface area (Å²) in [6, 6.07) is 3.04. The van der Waals surface area contributed by atoms with Crippen LogP contribution in [0.1, 0.15) is 41.0 Å². The third kappa shape index (κ3) is 7.83. The third-order valence-electron chi connectivity index (χ3n) is 2.99. The number of carbonyl (C=O) groups excluding carboxylic acids is 2. The fourth-order valence-electron chi connectivity index (χ4n) is 1.95. The number of nitrogens with two attached hydrogens (primary N) is 1. The van der Waals surface area contributed by atoms with Gasteiger partial charge in [0.1, 0.15) is 15.5 Å². The monoisotopic (exact) mass is 382 g/mol. The molecule has 2 amide bonds. The molecular weight excluding hydrogens is 356 g/mol. The highest BCUT2D eigenvalue weighted by atomic mass is 32.2. The first-order chi connectivity index (χ1) is 11.9. The molecule has 0 aromatic carbocycles. The summed E-state index contributed by atoms with van der Waals surface area (Å²) < 4.78 is 21.3. The number of pyridine rings is 1. The second-order valence-electron chi connectivity index (χ2n) is 7.18. The van der Waals surface area contributed by atoms with Crippen LogP contribution in [0.4, 0.5) is 4.79 Å². The van der Waals surface area contributed by atoms with Crippen molar-refractivity contribution in [3.8, 4) is 0 Å². The maximum absolute atomic E-state index is 12.5. The van der Waals surface area contributed by atoms with Crippen molar-refractivity contribution >= 4 is 28.1 Å². The lowest BCUT2D eigenvalue weighted by atomic mass is 9.98. The zero-order chi connectivity index (χ0) is 20.0. The van der Waals surface area contributed by atoms with E-state index < -0.39 is 33.4 Å². The maximum Gasteiger partial charge on any atom is 0.433 e. The van der Waals surface area contributed by atoms with Crippen LogP contribution in [0.2, 0.25) is 0 Å². The number of rotatable bonds is 5. The topological polar surface area (TPSA) is 124 Å². The number of hydrogen-bond donors (Lipinski definition) is 1. The number of hydrogen-bond acceptors (Lipinski definition) is 5. The van der Waals surface area contributed by atoms with Crippen LogP contribution in [0.5, 0.6) is 0 Å². The van der Waals surface area contributed by atoms with Gasteiger partial charge in [-0.15, -0.1) is 4.36 Å². The maximum atomic E-state index is 12.5. The van der Waals surface area contributed by atoms with Crippen LogP contribution >= 0.6 is 0 Å². The van der Waals surface area contributed by atoms with Gasteiger partial charge in [0.05, 0.1) is 10.8 Å². The molecule has 0 aliphatic carbocycles. The molecule has 1 heterocycles. The van der Waals surface area contributed by atoms with E-state index in [4.69, 9.17) is 9.88 Å². The zero-order valence-corrected chi connectivity index (χ0v) is 16.5. The summed E-state index contributed by atoms with van der Waals surface area (Å²) in [5.41, 5.74) is -0.692. The molecule has 0 radical (unpaired) electrons. The lowest BCUT2D eigenvalue weighted by Gasteiger charge is -2.17. The Bertz CT molecular complexity index is 776. The van der Waals surface area contributed by atoms with Gasteiger partial charge in [0.2, 0.25) is 0 Å². The Kier molecular flexibility index (Phi) is 7.58. The lowest BCUT2D eigenvalue weighted by molar-refractivity contribution is -0.119. The van der Waals surface area contributed by atoms with Crippen molar-refractivity contribution in [2.75, 3.05) is 0 Å². The molecule has 144 valence electrons. The minimum Gasteiger partial charge on any atom is -0.442 e. The first-order valence-electron chi connectivity index (χ1n) is 8.16. The van der Waals surface area contributed by atoms with Crippen molar-refractivity contribution in [1.82, 2.24) is 4.98 Å². The quantitative estimate of drug-likeness (QED) is 0.784. The van der Waals surface area contributed by atoms with E-state index in [0.29, 0.717) is 6.42 Å². The average molecular weight is 382 g/mol. The molecule has 0 aliphatic rings. The standard InChI is InChI=1S/C17H26N4O4S/c1-12(2)9-13(10-20-16(23)25-17(3,4)5)15(22)21-26(18,24)14-7-6-8-19-11-14/h6-8,10-13H,9H2,1-5H3,(H2,18,21,22,24)/b20-10-. The average Bonchev–Trinajstić information content (AvgIpc) is 2.49. The number of carbonyl (C=O) groups is 2. The Labute approximate surface area is 154 Å². The highest BCUT2D eigenvalue weighted by Crippen LogP contribution is 2.15. The van der Waals surface area contributed by atoms with Gasteiger partial charge in [-0.1, -0.05) is 13.8 Å². The van der Waals surface area contributed by atoms with Crippen molar-refractivity contribution in [2.24, 2.45) is 26.3 Å². The van der Waals surface area contributed by atoms with Gasteiger partial charge in [-0.05, 0) is 45.2 Å². The molecule has 2 atom stereocenters. The van der Waals surface area contributed by atoms with Crippen LogP contribution in [0, 0.1) is 11.8 Å². The predicted molar refractivity (Wildman–Crippen MR) is 99.9 cm³/mol. The molecular formula is C17H26N4O4S. The van der Waals surface area contributed by atoms with E-state index in [-0.39, 0.29) is 10.8 Å². The van der Waals surface area contributed by atoms with Crippen LogP contribution in [0.25, 0.3) is 0 Å². The Morgan fingerprint density at radius 3 is 2.54 bits per heavy atom. The minimum absolute atomic E-state index is 0.122. The molecule has 0 saturated carbocycles. The summed E-state index contributed by atoms with van der Waals surface area (Å²) in [6.07, 6.45) is 3.54. The van der Waals surface area contributed by atoms with Gasteiger partial charge in [-0.2, -0.15) is 4.99 Å². The predicted octanol–water partition coefficient (Wildman–Crippen LogP) is 2.98. The summed E-state index contributed by atoms with van der Waals surface area (Å²) in [5.74, 6) is -1.41. The van der Waals surface area contributed by atoms with Crippen LogP contribution in [0.3, 0.4) is 0 Å². The summed E-state index contributed by atoms with van der Waals surface area (Å²) in [7, 11) is -3.42. The van der Waals surface area contributed by atoms with Crippen molar-refractivity contribution in [2.45, 2.75) is 51.5 Å². The summed E-state index contributed by atoms with van der Waals surface area (Å²) in [4.78, 5) is 31.9. The van der Waals surface area contributed by atoms with E-state index in [0.717, 1.165) is 0 Å². The Morgan fingerprint density at radius 1 is 1.38 bits per heavy atom.